The summed E-state index contributed by atoms with van der Waals surface area (Å²) in [5.41, 5.74) is 3.77. The fourth-order valence-electron chi connectivity index (χ4n) is 3.09. The maximum absolute atomic E-state index is 11.9. The summed E-state index contributed by atoms with van der Waals surface area (Å²) < 4.78 is 0. The van der Waals surface area contributed by atoms with Crippen LogP contribution in [0.3, 0.4) is 0 Å². The van der Waals surface area contributed by atoms with Gasteiger partial charge < -0.3 is 10.2 Å². The van der Waals surface area contributed by atoms with Gasteiger partial charge >= 0.3 is 0 Å². The second-order valence-electron chi connectivity index (χ2n) is 7.49. The van der Waals surface area contributed by atoms with E-state index in [-0.39, 0.29) is 20.8 Å². The molecule has 1 amide bonds. The molecule has 4 rings (SSSR count). The summed E-state index contributed by atoms with van der Waals surface area (Å²) in [5, 5.41) is 26.9. The van der Waals surface area contributed by atoms with Crippen molar-refractivity contribution in [2.24, 2.45) is 10.2 Å². The van der Waals surface area contributed by atoms with Gasteiger partial charge in [-0.05, 0) is 73.3 Å². The normalized spacial score (nSPS) is 10.6. The van der Waals surface area contributed by atoms with Gasteiger partial charge in [0.2, 0.25) is 5.91 Å². The van der Waals surface area contributed by atoms with E-state index in [0.717, 1.165) is 27.6 Å². The second kappa shape index (κ2) is 13.6. The summed E-state index contributed by atoms with van der Waals surface area (Å²) in [6.45, 7) is 6.36. The Morgan fingerprint density at radius 3 is 2.08 bits per heavy atom. The molecular formula is C24H32N10OS2. The predicted molar refractivity (Wildman–Crippen MR) is 150 cm³/mol. The highest BCUT2D eigenvalue weighted by Gasteiger charge is 2.16. The molecule has 0 aliphatic rings. The number of aromatic nitrogens is 6. The van der Waals surface area contributed by atoms with E-state index >= 15 is 0 Å². The largest absolute Gasteiger partial charge is 0.375 e. The number of aryl methyl sites for hydroxylation is 1. The summed E-state index contributed by atoms with van der Waals surface area (Å²) in [5.74, 6) is -0.184. The zero-order chi connectivity index (χ0) is 24.8. The van der Waals surface area contributed by atoms with Crippen molar-refractivity contribution in [2.45, 2.75) is 55.7 Å². The maximum Gasteiger partial charge on any atom is 0.221 e. The van der Waals surface area contributed by atoms with E-state index < -0.39 is 0 Å². The number of nitrogens with one attached hydrogen (secondary N) is 3. The number of azo groups is 1. The molecule has 0 fully saturated rings. The van der Waals surface area contributed by atoms with E-state index in [0.29, 0.717) is 27.4 Å². The number of anilines is 2. The molecule has 0 atom stereocenters. The topological polar surface area (TPSA) is 140 Å². The van der Waals surface area contributed by atoms with Gasteiger partial charge in [-0.2, -0.15) is 10.2 Å². The monoisotopic (exact) mass is 540 g/mol. The van der Waals surface area contributed by atoms with Crippen LogP contribution in [0.1, 0.15) is 34.3 Å². The second-order valence-corrected chi connectivity index (χ2v) is 9.55. The Bertz CT molecular complexity index is 1270. The lowest BCUT2D eigenvalue weighted by atomic mass is 10.2. The third kappa shape index (κ3) is 7.64. The maximum atomic E-state index is 11.9. The third-order valence-corrected chi connectivity index (χ3v) is 6.69. The molecule has 11 nitrogen and oxygen atoms in total. The molecule has 37 heavy (non-hydrogen) atoms. The number of hydrogen-bond donors (Lipinski definition) is 3. The van der Waals surface area contributed by atoms with Crippen LogP contribution in [0.15, 0.2) is 73.3 Å². The Balaban J connectivity index is 0.00000241. The van der Waals surface area contributed by atoms with Crippen molar-refractivity contribution in [1.29, 1.82) is 0 Å². The SMILES string of the molecule is C.C.CCN(C)c1ccc(N=Nc2c(Sc3ncn[nH]3)cc(C)cc2Sc2ncn[nH]2)c(NC(C)=O)c1. The van der Waals surface area contributed by atoms with Gasteiger partial charge in [0.05, 0.1) is 5.69 Å². The molecule has 2 aromatic carbocycles. The van der Waals surface area contributed by atoms with Crippen molar-refractivity contribution in [3.63, 3.8) is 0 Å². The molecular weight excluding hydrogens is 508 g/mol. The zero-order valence-corrected chi connectivity index (χ0v) is 21.2. The molecule has 0 aliphatic heterocycles. The van der Waals surface area contributed by atoms with Gasteiger partial charge in [0.15, 0.2) is 10.3 Å². The average Bonchev–Trinajstić information content (AvgIpc) is 3.53. The summed E-state index contributed by atoms with van der Waals surface area (Å²) in [4.78, 5) is 24.1. The molecule has 2 aromatic heterocycles. The van der Waals surface area contributed by atoms with E-state index in [4.69, 9.17) is 0 Å². The minimum Gasteiger partial charge on any atom is -0.375 e. The van der Waals surface area contributed by atoms with Crippen LogP contribution in [0.25, 0.3) is 0 Å². The molecule has 2 heterocycles. The highest BCUT2D eigenvalue weighted by atomic mass is 32.2. The number of hydrogen-bond acceptors (Lipinski definition) is 10. The Hall–Kier alpha value is -3.71. The summed E-state index contributed by atoms with van der Waals surface area (Å²) in [7, 11) is 1.99. The van der Waals surface area contributed by atoms with Crippen LogP contribution < -0.4 is 10.2 Å². The zero-order valence-electron chi connectivity index (χ0n) is 19.6. The van der Waals surface area contributed by atoms with Crippen LogP contribution in [-0.2, 0) is 4.79 Å². The van der Waals surface area contributed by atoms with Crippen LogP contribution in [-0.4, -0.2) is 49.9 Å². The number of benzene rings is 2. The van der Waals surface area contributed by atoms with Gasteiger partial charge in [-0.3, -0.25) is 15.0 Å². The number of H-pyrrole nitrogens is 2. The smallest absolute Gasteiger partial charge is 0.221 e. The van der Waals surface area contributed by atoms with Gasteiger partial charge in [-0.25, -0.2) is 9.97 Å². The first-order valence-electron chi connectivity index (χ1n) is 10.7. The number of nitrogens with zero attached hydrogens (tertiary/aromatic N) is 7. The van der Waals surface area contributed by atoms with Crippen LogP contribution in [0.5, 0.6) is 0 Å². The van der Waals surface area contributed by atoms with Crippen LogP contribution in [0.2, 0.25) is 0 Å². The molecule has 0 aliphatic carbocycles. The number of rotatable bonds is 9. The highest BCUT2D eigenvalue weighted by Crippen LogP contribution is 2.44. The number of amides is 1. The van der Waals surface area contributed by atoms with E-state index in [1.54, 1.807) is 0 Å². The number of carbonyl (C=O) groups excluding carboxylic acids is 1. The Kier molecular flexibility index (Phi) is 10.8. The van der Waals surface area contributed by atoms with E-state index in [9.17, 15) is 4.79 Å². The highest BCUT2D eigenvalue weighted by molar-refractivity contribution is 8.00. The average molecular weight is 541 g/mol. The third-order valence-electron chi connectivity index (χ3n) is 4.85. The fraction of sp³-hybridized carbons (Fsp3) is 0.292. The minimum absolute atomic E-state index is 0. The van der Waals surface area contributed by atoms with Crippen LogP contribution in [0, 0.1) is 6.92 Å². The van der Waals surface area contributed by atoms with Crippen LogP contribution >= 0.6 is 23.5 Å². The van der Waals surface area contributed by atoms with E-state index in [1.165, 1.54) is 43.1 Å². The van der Waals surface area contributed by atoms with E-state index in [2.05, 4.69) is 57.7 Å². The standard InChI is InChI=1S/C22H24N10OS2.2CH4/c1-5-32(4)15-6-7-16(17(10-15)27-14(3)33)28-29-20-18(34-21-23-11-25-30-21)8-13(2)9-19(20)35-22-24-12-26-31-22;;/h6-12H,5H2,1-4H3,(H,27,33)(H,23,25,30)(H,24,26,31);2*1H4. The lowest BCUT2D eigenvalue weighted by Gasteiger charge is -2.18. The van der Waals surface area contributed by atoms with Crippen molar-refractivity contribution in [2.75, 3.05) is 23.8 Å². The molecule has 0 saturated carbocycles. The quantitative estimate of drug-likeness (QED) is 0.201. The summed E-state index contributed by atoms with van der Waals surface area (Å²) >= 11 is 2.80. The molecule has 196 valence electrons. The molecule has 13 heteroatoms. The van der Waals surface area contributed by atoms with Gasteiger partial charge in [0, 0.05) is 36.0 Å². The first-order chi connectivity index (χ1) is 16.9. The predicted octanol–water partition coefficient (Wildman–Crippen LogP) is 6.64. The van der Waals surface area contributed by atoms with Crippen LogP contribution in [0.4, 0.5) is 22.7 Å². The van der Waals surface area contributed by atoms with Crippen molar-refractivity contribution in [3.8, 4) is 0 Å². The first kappa shape index (κ1) is 29.5. The number of aromatic amines is 2. The van der Waals surface area contributed by atoms with Gasteiger partial charge in [-0.15, -0.1) is 10.2 Å². The Labute approximate surface area is 225 Å². The number of carbonyl (C=O) groups is 1. The van der Waals surface area contributed by atoms with Crippen molar-refractivity contribution in [3.05, 3.63) is 48.5 Å². The fourth-order valence-corrected chi connectivity index (χ4v) is 4.95. The molecule has 0 bridgehead atoms. The van der Waals surface area contributed by atoms with Gasteiger partial charge in [0.1, 0.15) is 24.0 Å². The molecule has 0 saturated heterocycles. The summed E-state index contributed by atoms with van der Waals surface area (Å²) in [6, 6.07) is 9.71. The molecule has 4 aromatic rings. The Morgan fingerprint density at radius 1 is 1.00 bits per heavy atom. The molecule has 0 radical (unpaired) electrons. The molecule has 0 spiro atoms. The molecule has 0 unspecified atom stereocenters. The first-order valence-corrected chi connectivity index (χ1v) is 12.3. The lowest BCUT2D eigenvalue weighted by Crippen LogP contribution is -2.16. The van der Waals surface area contributed by atoms with Crippen molar-refractivity contribution >= 4 is 52.2 Å². The van der Waals surface area contributed by atoms with Crippen molar-refractivity contribution in [1.82, 2.24) is 30.4 Å². The van der Waals surface area contributed by atoms with Crippen molar-refractivity contribution < 1.29 is 4.79 Å². The van der Waals surface area contributed by atoms with Gasteiger partial charge in [0.25, 0.3) is 0 Å². The Morgan fingerprint density at radius 2 is 1.59 bits per heavy atom. The minimum atomic E-state index is -0.184. The summed E-state index contributed by atoms with van der Waals surface area (Å²) in [6.07, 6.45) is 2.91. The van der Waals surface area contributed by atoms with E-state index in [1.807, 2.05) is 44.3 Å². The lowest BCUT2D eigenvalue weighted by molar-refractivity contribution is -0.114. The van der Waals surface area contributed by atoms with Gasteiger partial charge in [-0.1, -0.05) is 14.9 Å². The molecule has 3 N–H and O–H groups in total.